The van der Waals surface area contributed by atoms with Gasteiger partial charge in [-0.3, -0.25) is 4.57 Å². The molecule has 3 aromatic heterocycles. The van der Waals surface area contributed by atoms with Gasteiger partial charge in [-0.2, -0.15) is 18.2 Å². The molecule has 0 saturated carbocycles. The van der Waals surface area contributed by atoms with Crippen molar-refractivity contribution < 1.29 is 46.8 Å². The molecule has 7 aromatic carbocycles. The van der Waals surface area contributed by atoms with Gasteiger partial charge in [0.1, 0.15) is 5.82 Å². The van der Waals surface area contributed by atoms with Crippen molar-refractivity contribution in [3.05, 3.63) is 199 Å². The summed E-state index contributed by atoms with van der Waals surface area (Å²) in [6.07, 6.45) is 3.44. The molecule has 0 spiro atoms. The van der Waals surface area contributed by atoms with Gasteiger partial charge in [0.25, 0.3) is 6.33 Å². The predicted octanol–water partition coefficient (Wildman–Crippen LogP) is 13.7. The van der Waals surface area contributed by atoms with E-state index >= 15 is 0 Å². The molecule has 0 aliphatic carbocycles. The van der Waals surface area contributed by atoms with Crippen LogP contribution in [-0.4, -0.2) is 14.1 Å². The van der Waals surface area contributed by atoms with Gasteiger partial charge in [0.15, 0.2) is 0 Å². The van der Waals surface area contributed by atoms with E-state index in [0.717, 1.165) is 27.4 Å². The molecular formula is C57H48N4OPt-2. The smallest absolute Gasteiger partial charge is 0.268 e. The topological polar surface area (TPSA) is 35.9 Å². The summed E-state index contributed by atoms with van der Waals surface area (Å²) in [6, 6.07) is 30.8. The van der Waals surface area contributed by atoms with Gasteiger partial charge < -0.3 is 13.9 Å². The Morgan fingerprint density at radius 3 is 2.13 bits per heavy atom. The van der Waals surface area contributed by atoms with Crippen molar-refractivity contribution in [2.45, 2.75) is 53.3 Å². The number of hydrogen-bond donors (Lipinski definition) is 0. The summed E-state index contributed by atoms with van der Waals surface area (Å²) in [5.41, 5.74) is 5.52. The maximum absolute atomic E-state index is 9.06. The monoisotopic (exact) mass is 1010 g/mol. The number of benzene rings is 7. The van der Waals surface area contributed by atoms with E-state index in [0.29, 0.717) is 45.1 Å². The SMILES string of the molecule is [2H]c1c([2H])c([2H])c(-c2cccc(-c3c([2H])c([2H])c([2H])c([2H])c3[2H])c2-[n+]2[c-]n(-c3[c-]c(Oc4[c-]c5c(cc4)c4cc(C(C)(C)C)ccc4n5-c4cc(C([2H])([2H])C(C)C)ccn4)ccc3)c3cccc(C)c32)c([2H])c1[2H].[Pt]. The molecule has 0 amide bonds. The molecule has 314 valence electrons. The molecule has 0 N–H and O–H groups in total. The molecule has 10 rings (SSSR count). The molecule has 10 aromatic rings. The summed E-state index contributed by atoms with van der Waals surface area (Å²) >= 11 is 0. The molecule has 0 saturated heterocycles. The normalized spacial score (nSPS) is 14.7. The Kier molecular flexibility index (Phi) is 7.99. The third-order valence-corrected chi connectivity index (χ3v) is 10.8. The summed E-state index contributed by atoms with van der Waals surface area (Å²) < 4.78 is 117. The molecule has 5 nitrogen and oxygen atoms in total. The van der Waals surface area contributed by atoms with Crippen molar-refractivity contribution in [2.24, 2.45) is 5.92 Å². The first kappa shape index (κ1) is 29.7. The maximum atomic E-state index is 9.06. The standard InChI is InChI=1S/C57H48N4O.Pt/c1-38(2)32-40-30-31-58-54(33-40)61-51-29-26-43(57(4,5)6)34-50(51)49-28-27-46(36-53(49)61)62-45-22-14-21-44(35-45)59-37-60(55-39(3)16-13-25-52(55)59)56-47(41-17-9-7-10-18-41)23-15-24-48(56)42-19-11-8-12-20-42;/h7-31,33-34,38H,32H2,1-6H3;/q-2;/i7D,8D,9D,10D,11D,12D,17D,18D,19D,20D,32D2;. The number of aryl methyl sites for hydroxylation is 1. The van der Waals surface area contributed by atoms with Crippen LogP contribution in [0.1, 0.15) is 67.8 Å². The van der Waals surface area contributed by atoms with Crippen LogP contribution in [0.25, 0.3) is 72.3 Å². The van der Waals surface area contributed by atoms with Gasteiger partial charge in [-0.1, -0.05) is 149 Å². The predicted molar refractivity (Wildman–Crippen MR) is 253 cm³/mol. The molecule has 0 unspecified atom stereocenters. The fourth-order valence-corrected chi connectivity index (χ4v) is 8.02. The van der Waals surface area contributed by atoms with Gasteiger partial charge in [0, 0.05) is 47.0 Å². The first-order valence-electron chi connectivity index (χ1n) is 26.4. The van der Waals surface area contributed by atoms with Crippen LogP contribution >= 0.6 is 0 Å². The maximum Gasteiger partial charge on any atom is 0.268 e. The number of nitrogens with zero attached hydrogens (tertiary/aromatic N) is 4. The van der Waals surface area contributed by atoms with Crippen LogP contribution in [0.15, 0.2) is 164 Å². The van der Waals surface area contributed by atoms with E-state index in [1.807, 2.05) is 55.7 Å². The van der Waals surface area contributed by atoms with E-state index in [1.54, 1.807) is 63.9 Å². The van der Waals surface area contributed by atoms with Crippen molar-refractivity contribution in [2.75, 3.05) is 0 Å². The van der Waals surface area contributed by atoms with E-state index in [4.69, 9.17) is 26.2 Å². The number of pyridine rings is 1. The quantitative estimate of drug-likeness (QED) is 0.107. The molecule has 0 radical (unpaired) electrons. The van der Waals surface area contributed by atoms with E-state index in [2.05, 4.69) is 57.4 Å². The Morgan fingerprint density at radius 1 is 0.746 bits per heavy atom. The first-order valence-corrected chi connectivity index (χ1v) is 20.4. The van der Waals surface area contributed by atoms with Crippen molar-refractivity contribution in [3.8, 4) is 50.9 Å². The fraction of sp³-hybridized carbons (Fsp3) is 0.158. The molecule has 0 atom stereocenters. The zero-order chi connectivity index (χ0) is 53.0. The Labute approximate surface area is 401 Å². The van der Waals surface area contributed by atoms with Crippen LogP contribution in [0.5, 0.6) is 11.5 Å². The first-order chi connectivity index (χ1) is 35.0. The average Bonchev–Trinajstić information content (AvgIpc) is 3.95. The number of rotatable bonds is 9. The van der Waals surface area contributed by atoms with Crippen LogP contribution in [-0.2, 0) is 32.9 Å². The molecule has 0 bridgehead atoms. The second-order valence-corrected chi connectivity index (χ2v) is 16.5. The molecule has 6 heteroatoms. The largest absolute Gasteiger partial charge is 0.510 e. The minimum atomic E-state index is -1.62. The number of imidazole rings is 1. The number of fused-ring (bicyclic) bond motifs is 4. The third kappa shape index (κ3) is 7.92. The summed E-state index contributed by atoms with van der Waals surface area (Å²) in [7, 11) is 0. The van der Waals surface area contributed by atoms with Gasteiger partial charge in [0.05, 0.1) is 30.4 Å². The van der Waals surface area contributed by atoms with Gasteiger partial charge in [0.2, 0.25) is 0 Å². The number of hydrogen-bond acceptors (Lipinski definition) is 2. The molecule has 0 fully saturated rings. The van der Waals surface area contributed by atoms with Gasteiger partial charge in [-0.05, 0) is 92.8 Å². The van der Waals surface area contributed by atoms with Gasteiger partial charge in [-0.25, -0.2) is 4.98 Å². The minimum Gasteiger partial charge on any atom is -0.510 e. The summed E-state index contributed by atoms with van der Waals surface area (Å²) in [5.74, 6) is 0.915. The Balaban J connectivity index is 0.00000689. The second-order valence-electron chi connectivity index (χ2n) is 16.5. The minimum absolute atomic E-state index is 0. The Morgan fingerprint density at radius 2 is 1.43 bits per heavy atom. The van der Waals surface area contributed by atoms with E-state index in [1.165, 1.54) is 0 Å². The van der Waals surface area contributed by atoms with Gasteiger partial charge in [-0.15, -0.1) is 29.7 Å². The number of aromatic nitrogens is 4. The second kappa shape index (κ2) is 17.0. The zero-order valence-electron chi connectivity index (χ0n) is 47.4. The Hall–Kier alpha value is -6.55. The fourth-order valence-electron chi connectivity index (χ4n) is 8.02. The van der Waals surface area contributed by atoms with Crippen LogP contribution in [0.2, 0.25) is 0 Å². The summed E-state index contributed by atoms with van der Waals surface area (Å²) in [5, 5.41) is 1.87. The van der Waals surface area contributed by atoms with Crippen LogP contribution in [0, 0.1) is 31.3 Å². The summed E-state index contributed by atoms with van der Waals surface area (Å²) in [4.78, 5) is 4.76. The van der Waals surface area contributed by atoms with Crippen molar-refractivity contribution in [1.82, 2.24) is 14.1 Å². The van der Waals surface area contributed by atoms with Crippen LogP contribution in [0.4, 0.5) is 0 Å². The number of para-hydroxylation sites is 2. The van der Waals surface area contributed by atoms with Crippen LogP contribution < -0.4 is 9.30 Å². The van der Waals surface area contributed by atoms with E-state index in [9.17, 15) is 0 Å². The molecular weight excluding hydrogens is 952 g/mol. The third-order valence-electron chi connectivity index (χ3n) is 10.8. The summed E-state index contributed by atoms with van der Waals surface area (Å²) in [6.45, 7) is 12.1. The molecule has 63 heavy (non-hydrogen) atoms. The average molecular weight is 1010 g/mol. The zero-order valence-corrected chi connectivity index (χ0v) is 37.7. The van der Waals surface area contributed by atoms with Crippen molar-refractivity contribution >= 4 is 32.8 Å². The van der Waals surface area contributed by atoms with Crippen LogP contribution in [0.3, 0.4) is 0 Å². The molecule has 0 aliphatic rings. The van der Waals surface area contributed by atoms with Gasteiger partial charge >= 0.3 is 0 Å². The Bertz CT molecular complexity index is 3830. The van der Waals surface area contributed by atoms with Crippen molar-refractivity contribution in [3.63, 3.8) is 0 Å². The number of ether oxygens (including phenoxy) is 1. The molecule has 0 aliphatic heterocycles. The molecule has 3 heterocycles. The van der Waals surface area contributed by atoms with Crippen molar-refractivity contribution in [1.29, 1.82) is 0 Å². The van der Waals surface area contributed by atoms with E-state index in [-0.39, 0.29) is 60.3 Å². The van der Waals surface area contributed by atoms with E-state index < -0.39 is 66.8 Å².